The number of fused-ring (bicyclic) bond motifs is 2. The summed E-state index contributed by atoms with van der Waals surface area (Å²) in [5.74, 6) is 1.61. The van der Waals surface area contributed by atoms with Gasteiger partial charge in [0.05, 0.1) is 17.1 Å². The van der Waals surface area contributed by atoms with E-state index in [4.69, 9.17) is 4.74 Å². The Hall–Kier alpha value is -1.43. The van der Waals surface area contributed by atoms with Crippen LogP contribution in [0.25, 0.3) is 0 Å². The van der Waals surface area contributed by atoms with Crippen LogP contribution in [0.15, 0.2) is 11.4 Å². The topological polar surface area (TPSA) is 69.4 Å². The number of thiophene rings is 1. The van der Waals surface area contributed by atoms with E-state index in [1.807, 2.05) is 0 Å². The molecule has 0 amide bonds. The number of carbonyl (C=O) groups excluding carboxylic acids is 1. The Morgan fingerprint density at radius 2 is 2.32 bits per heavy atom. The fraction of sp³-hybridized carbons (Fsp3) is 0.615. The zero-order chi connectivity index (χ0) is 13.4. The van der Waals surface area contributed by atoms with Gasteiger partial charge >= 0.3 is 11.0 Å². The molecule has 0 aromatic carbocycles. The zero-order valence-electron chi connectivity index (χ0n) is 10.4. The largest absolute Gasteiger partial charge is 0.462 e. The second kappa shape index (κ2) is 4.92. The standard InChI is InChI=1S/C13H15NO4S/c15-13(11-5-12(14(16)17)19-7-11)18-6-10-4-8-1-2-9(10)3-8/h5,7-10H,1-4,6H2. The first kappa shape index (κ1) is 12.6. The molecule has 0 saturated heterocycles. The minimum Gasteiger partial charge on any atom is -0.462 e. The number of nitro groups is 1. The van der Waals surface area contributed by atoms with Crippen LogP contribution in [-0.2, 0) is 4.74 Å². The molecule has 2 saturated carbocycles. The van der Waals surface area contributed by atoms with Crippen LogP contribution in [0.1, 0.15) is 36.0 Å². The van der Waals surface area contributed by atoms with Crippen LogP contribution in [0.2, 0.25) is 0 Å². The summed E-state index contributed by atoms with van der Waals surface area (Å²) in [6.07, 6.45) is 5.04. The summed E-state index contributed by atoms with van der Waals surface area (Å²) in [6, 6.07) is 1.29. The molecule has 3 unspecified atom stereocenters. The molecule has 2 fully saturated rings. The molecule has 19 heavy (non-hydrogen) atoms. The molecule has 3 rings (SSSR count). The van der Waals surface area contributed by atoms with Crippen LogP contribution in [0, 0.1) is 27.9 Å². The van der Waals surface area contributed by atoms with Gasteiger partial charge in [0.2, 0.25) is 0 Å². The zero-order valence-corrected chi connectivity index (χ0v) is 11.2. The van der Waals surface area contributed by atoms with E-state index in [0.717, 1.165) is 23.2 Å². The van der Waals surface area contributed by atoms with Crippen molar-refractivity contribution in [1.82, 2.24) is 0 Å². The molecule has 2 aliphatic rings. The van der Waals surface area contributed by atoms with Gasteiger partial charge in [-0.1, -0.05) is 17.8 Å². The summed E-state index contributed by atoms with van der Waals surface area (Å²) in [5, 5.41) is 12.0. The Bertz CT molecular complexity index is 512. The van der Waals surface area contributed by atoms with Gasteiger partial charge in [0.1, 0.15) is 0 Å². The average Bonchev–Trinajstić information content (AvgIpc) is 3.10. The van der Waals surface area contributed by atoms with Crippen LogP contribution < -0.4 is 0 Å². The van der Waals surface area contributed by atoms with Gasteiger partial charge in [0.25, 0.3) is 0 Å². The van der Waals surface area contributed by atoms with Gasteiger partial charge in [-0.15, -0.1) is 0 Å². The third-order valence-electron chi connectivity index (χ3n) is 4.31. The van der Waals surface area contributed by atoms with Crippen LogP contribution in [-0.4, -0.2) is 17.5 Å². The molecule has 2 aliphatic carbocycles. The second-order valence-corrected chi connectivity index (χ2v) is 6.35. The predicted molar refractivity (Wildman–Crippen MR) is 70.2 cm³/mol. The molecule has 5 nitrogen and oxygen atoms in total. The third-order valence-corrected chi connectivity index (χ3v) is 5.19. The third kappa shape index (κ3) is 2.49. The Morgan fingerprint density at radius 1 is 1.47 bits per heavy atom. The van der Waals surface area contributed by atoms with Crippen molar-refractivity contribution < 1.29 is 14.5 Å². The lowest BCUT2D eigenvalue weighted by Crippen LogP contribution is -2.19. The normalized spacial score (nSPS) is 28.5. The van der Waals surface area contributed by atoms with E-state index >= 15 is 0 Å². The lowest BCUT2D eigenvalue weighted by molar-refractivity contribution is -0.380. The highest BCUT2D eigenvalue weighted by atomic mass is 32.1. The summed E-state index contributed by atoms with van der Waals surface area (Å²) in [5.41, 5.74) is 0.292. The molecule has 2 bridgehead atoms. The minimum atomic E-state index is -0.489. The van der Waals surface area contributed by atoms with Gasteiger partial charge in [-0.3, -0.25) is 10.1 Å². The van der Waals surface area contributed by atoms with E-state index in [-0.39, 0.29) is 5.00 Å². The van der Waals surface area contributed by atoms with Gasteiger partial charge in [-0.25, -0.2) is 4.79 Å². The summed E-state index contributed by atoms with van der Waals surface area (Å²) >= 11 is 0.956. The Morgan fingerprint density at radius 3 is 2.89 bits per heavy atom. The fourth-order valence-electron chi connectivity index (χ4n) is 3.37. The summed E-state index contributed by atoms with van der Waals surface area (Å²) in [4.78, 5) is 21.9. The first-order valence-corrected chi connectivity index (χ1v) is 7.41. The molecule has 0 radical (unpaired) electrons. The quantitative estimate of drug-likeness (QED) is 0.482. The fourth-order valence-corrected chi connectivity index (χ4v) is 4.07. The maximum absolute atomic E-state index is 11.8. The molecule has 3 atom stereocenters. The number of esters is 1. The SMILES string of the molecule is O=C(OCC1CC2CCC1C2)c1csc([N+](=O)[O-])c1. The van der Waals surface area contributed by atoms with E-state index in [9.17, 15) is 14.9 Å². The van der Waals surface area contributed by atoms with Crippen molar-refractivity contribution in [2.45, 2.75) is 25.7 Å². The summed E-state index contributed by atoms with van der Waals surface area (Å²) < 4.78 is 5.30. The van der Waals surface area contributed by atoms with E-state index < -0.39 is 10.9 Å². The molecule has 6 heteroatoms. The summed E-state index contributed by atoms with van der Waals surface area (Å²) in [6.45, 7) is 0.462. The molecule has 1 aromatic heterocycles. The number of nitrogens with zero attached hydrogens (tertiary/aromatic N) is 1. The Balaban J connectivity index is 1.54. The van der Waals surface area contributed by atoms with Crippen molar-refractivity contribution in [1.29, 1.82) is 0 Å². The van der Waals surface area contributed by atoms with Crippen LogP contribution in [0.3, 0.4) is 0 Å². The van der Waals surface area contributed by atoms with Crippen molar-refractivity contribution in [3.8, 4) is 0 Å². The van der Waals surface area contributed by atoms with Crippen molar-refractivity contribution in [2.24, 2.45) is 17.8 Å². The van der Waals surface area contributed by atoms with Crippen LogP contribution in [0.4, 0.5) is 5.00 Å². The maximum Gasteiger partial charge on any atom is 0.339 e. The first-order valence-electron chi connectivity index (χ1n) is 6.53. The van der Waals surface area contributed by atoms with Crippen LogP contribution >= 0.6 is 11.3 Å². The number of carbonyl (C=O) groups is 1. The van der Waals surface area contributed by atoms with Gasteiger partial charge in [0, 0.05) is 11.4 Å². The molecule has 102 valence electrons. The second-order valence-electron chi connectivity index (χ2n) is 5.46. The van der Waals surface area contributed by atoms with Gasteiger partial charge in [-0.2, -0.15) is 0 Å². The molecule has 0 spiro atoms. The highest BCUT2D eigenvalue weighted by Gasteiger charge is 2.39. The number of rotatable bonds is 4. The number of ether oxygens (including phenoxy) is 1. The molecule has 0 N–H and O–H groups in total. The molecule has 1 heterocycles. The Kier molecular flexibility index (Phi) is 3.26. The van der Waals surface area contributed by atoms with Crippen molar-refractivity contribution in [3.63, 3.8) is 0 Å². The highest BCUT2D eigenvalue weighted by Crippen LogP contribution is 2.48. The molecular formula is C13H15NO4S. The van der Waals surface area contributed by atoms with Crippen LogP contribution in [0.5, 0.6) is 0 Å². The molecular weight excluding hydrogens is 266 g/mol. The van der Waals surface area contributed by atoms with Gasteiger partial charge in [-0.05, 0) is 37.0 Å². The summed E-state index contributed by atoms with van der Waals surface area (Å²) in [7, 11) is 0. The molecule has 1 aromatic rings. The number of hydrogen-bond donors (Lipinski definition) is 0. The number of hydrogen-bond acceptors (Lipinski definition) is 5. The average molecular weight is 281 g/mol. The minimum absolute atomic E-state index is 0.0214. The maximum atomic E-state index is 11.8. The Labute approximate surface area is 114 Å². The van der Waals surface area contributed by atoms with E-state index in [1.165, 1.54) is 37.1 Å². The highest BCUT2D eigenvalue weighted by molar-refractivity contribution is 7.13. The smallest absolute Gasteiger partial charge is 0.339 e. The van der Waals surface area contributed by atoms with E-state index in [2.05, 4.69) is 0 Å². The van der Waals surface area contributed by atoms with E-state index in [1.54, 1.807) is 0 Å². The van der Waals surface area contributed by atoms with Crippen molar-refractivity contribution >= 4 is 22.3 Å². The van der Waals surface area contributed by atoms with E-state index in [0.29, 0.717) is 18.1 Å². The van der Waals surface area contributed by atoms with Crippen molar-refractivity contribution in [3.05, 3.63) is 27.1 Å². The van der Waals surface area contributed by atoms with Gasteiger partial charge in [0.15, 0.2) is 0 Å². The molecule has 0 aliphatic heterocycles. The monoisotopic (exact) mass is 281 g/mol. The van der Waals surface area contributed by atoms with Crippen molar-refractivity contribution in [2.75, 3.05) is 6.61 Å². The van der Waals surface area contributed by atoms with Gasteiger partial charge < -0.3 is 4.74 Å². The predicted octanol–water partition coefficient (Wildman–Crippen LogP) is 3.25. The first-order chi connectivity index (χ1) is 9.13. The lowest BCUT2D eigenvalue weighted by atomic mass is 9.89. The lowest BCUT2D eigenvalue weighted by Gasteiger charge is -2.20.